The van der Waals surface area contributed by atoms with Gasteiger partial charge >= 0.3 is 0 Å². The third-order valence-corrected chi connectivity index (χ3v) is 2.34. The summed E-state index contributed by atoms with van der Waals surface area (Å²) in [5, 5.41) is 1.10. The first-order valence-electron chi connectivity index (χ1n) is 3.58. The van der Waals surface area contributed by atoms with Gasteiger partial charge in [-0.1, -0.05) is 18.2 Å². The predicted molar refractivity (Wildman–Crippen MR) is 64.2 cm³/mol. The Bertz CT molecular complexity index is 388. The van der Waals surface area contributed by atoms with Crippen LogP contribution in [0.1, 0.15) is 0 Å². The van der Waals surface area contributed by atoms with Crippen molar-refractivity contribution < 1.29 is 0 Å². The van der Waals surface area contributed by atoms with Crippen molar-refractivity contribution in [3.63, 3.8) is 0 Å². The number of rotatable bonds is 0. The molecule has 2 N–H and O–H groups in total. The van der Waals surface area contributed by atoms with Crippen molar-refractivity contribution in [1.82, 2.24) is 4.98 Å². The van der Waals surface area contributed by atoms with Gasteiger partial charge in [-0.05, 0) is 28.1 Å². The summed E-state index contributed by atoms with van der Waals surface area (Å²) < 4.78 is 0.848. The molecule has 0 bridgehead atoms. The van der Waals surface area contributed by atoms with Crippen molar-refractivity contribution in [1.29, 1.82) is 0 Å². The third kappa shape index (κ3) is 2.00. The highest BCUT2D eigenvalue weighted by atomic mass is 79.9. The smallest absolute Gasteiger partial charge is 0.138 e. The number of fused-ring (bicyclic) bond motifs is 1. The van der Waals surface area contributed by atoms with E-state index in [4.69, 9.17) is 5.73 Å². The van der Waals surface area contributed by atoms with E-state index in [-0.39, 0.29) is 17.0 Å². The highest BCUT2D eigenvalue weighted by Gasteiger charge is 1.98. The molecular formula is C9H8Br2N2. The predicted octanol–water partition coefficient (Wildman–Crippen LogP) is 3.16. The summed E-state index contributed by atoms with van der Waals surface area (Å²) in [7, 11) is 0. The van der Waals surface area contributed by atoms with Crippen LogP contribution in [0.25, 0.3) is 10.9 Å². The maximum atomic E-state index is 5.63. The van der Waals surface area contributed by atoms with E-state index in [1.165, 1.54) is 0 Å². The Morgan fingerprint density at radius 1 is 1.23 bits per heavy atom. The van der Waals surface area contributed by atoms with Crippen molar-refractivity contribution in [2.75, 3.05) is 5.73 Å². The number of aromatic nitrogens is 1. The molecule has 0 unspecified atom stereocenters. The molecule has 13 heavy (non-hydrogen) atoms. The minimum atomic E-state index is 0. The first-order chi connectivity index (χ1) is 5.77. The molecule has 0 radical (unpaired) electrons. The number of nitrogens with zero attached hydrogens (tertiary/aromatic N) is 1. The third-order valence-electron chi connectivity index (χ3n) is 1.70. The van der Waals surface area contributed by atoms with Gasteiger partial charge in [0.2, 0.25) is 0 Å². The number of pyridine rings is 1. The lowest BCUT2D eigenvalue weighted by molar-refractivity contribution is 1.39. The molecule has 2 nitrogen and oxygen atoms in total. The average molecular weight is 304 g/mol. The minimum absolute atomic E-state index is 0. The molecule has 0 fully saturated rings. The van der Waals surface area contributed by atoms with Crippen molar-refractivity contribution in [2.45, 2.75) is 0 Å². The standard InChI is InChI=1S/C9H7BrN2.BrH/c10-7-5-6-3-1-2-4-8(6)12-9(7)11;/h1-5H,(H2,11,12);1H. The van der Waals surface area contributed by atoms with Gasteiger partial charge in [-0.25, -0.2) is 4.98 Å². The summed E-state index contributed by atoms with van der Waals surface area (Å²) in [4.78, 5) is 4.21. The zero-order valence-corrected chi connectivity index (χ0v) is 10.00. The van der Waals surface area contributed by atoms with E-state index in [9.17, 15) is 0 Å². The van der Waals surface area contributed by atoms with Crippen LogP contribution >= 0.6 is 32.9 Å². The van der Waals surface area contributed by atoms with Crippen molar-refractivity contribution >= 4 is 49.6 Å². The lowest BCUT2D eigenvalue weighted by Crippen LogP contribution is -1.91. The van der Waals surface area contributed by atoms with Gasteiger partial charge < -0.3 is 5.73 Å². The van der Waals surface area contributed by atoms with Crippen LogP contribution in [0.2, 0.25) is 0 Å². The molecular weight excluding hydrogens is 296 g/mol. The lowest BCUT2D eigenvalue weighted by atomic mass is 10.2. The number of nitrogen functional groups attached to an aromatic ring is 1. The maximum absolute atomic E-state index is 5.63. The summed E-state index contributed by atoms with van der Waals surface area (Å²) in [5.41, 5.74) is 6.56. The van der Waals surface area contributed by atoms with Crippen LogP contribution in [0.5, 0.6) is 0 Å². The largest absolute Gasteiger partial charge is 0.383 e. The highest BCUT2D eigenvalue weighted by Crippen LogP contribution is 2.22. The van der Waals surface area contributed by atoms with E-state index in [0.29, 0.717) is 5.82 Å². The van der Waals surface area contributed by atoms with Gasteiger partial charge in [0.15, 0.2) is 0 Å². The molecule has 0 aliphatic rings. The normalized spacial score (nSPS) is 9.62. The SMILES string of the molecule is Br.Nc1nc2ccccc2cc1Br. The zero-order chi connectivity index (χ0) is 8.55. The second-order valence-corrected chi connectivity index (χ2v) is 3.40. The van der Waals surface area contributed by atoms with Gasteiger partial charge in [0.05, 0.1) is 9.99 Å². The van der Waals surface area contributed by atoms with E-state index in [2.05, 4.69) is 20.9 Å². The van der Waals surface area contributed by atoms with Crippen molar-refractivity contribution in [3.8, 4) is 0 Å². The molecule has 0 saturated carbocycles. The van der Waals surface area contributed by atoms with E-state index in [1.54, 1.807) is 0 Å². The summed E-state index contributed by atoms with van der Waals surface area (Å²) in [6.07, 6.45) is 0. The van der Waals surface area contributed by atoms with Crippen molar-refractivity contribution in [2.24, 2.45) is 0 Å². The topological polar surface area (TPSA) is 38.9 Å². The van der Waals surface area contributed by atoms with Gasteiger partial charge in [0, 0.05) is 5.39 Å². The molecule has 2 rings (SSSR count). The van der Waals surface area contributed by atoms with Crippen molar-refractivity contribution in [3.05, 3.63) is 34.8 Å². The second-order valence-electron chi connectivity index (χ2n) is 2.55. The Morgan fingerprint density at radius 3 is 2.69 bits per heavy atom. The van der Waals surface area contributed by atoms with Crippen LogP contribution in [0.3, 0.4) is 0 Å². The Morgan fingerprint density at radius 2 is 1.92 bits per heavy atom. The fourth-order valence-electron chi connectivity index (χ4n) is 1.11. The van der Waals surface area contributed by atoms with Crippen LogP contribution in [0.15, 0.2) is 34.8 Å². The molecule has 0 saturated heterocycles. The number of benzene rings is 1. The van der Waals surface area contributed by atoms with Crippen LogP contribution < -0.4 is 5.73 Å². The molecule has 1 aromatic heterocycles. The molecule has 0 spiro atoms. The monoisotopic (exact) mass is 302 g/mol. The van der Waals surface area contributed by atoms with Crippen LogP contribution in [-0.4, -0.2) is 4.98 Å². The first-order valence-corrected chi connectivity index (χ1v) is 4.37. The summed E-state index contributed by atoms with van der Waals surface area (Å²) in [5.74, 6) is 0.536. The van der Waals surface area contributed by atoms with Gasteiger partial charge in [0.25, 0.3) is 0 Å². The maximum Gasteiger partial charge on any atom is 0.138 e. The molecule has 1 heterocycles. The van der Waals surface area contributed by atoms with Crippen LogP contribution in [0.4, 0.5) is 5.82 Å². The molecule has 0 atom stereocenters. The van der Waals surface area contributed by atoms with Gasteiger partial charge in [-0.15, -0.1) is 17.0 Å². The number of nitrogens with two attached hydrogens (primary N) is 1. The highest BCUT2D eigenvalue weighted by molar-refractivity contribution is 9.10. The number of hydrogen-bond acceptors (Lipinski definition) is 2. The molecule has 0 amide bonds. The van der Waals surface area contributed by atoms with E-state index < -0.39 is 0 Å². The Hall–Kier alpha value is -0.610. The fourth-order valence-corrected chi connectivity index (χ4v) is 1.44. The number of para-hydroxylation sites is 1. The van der Waals surface area contributed by atoms with E-state index in [1.807, 2.05) is 30.3 Å². The van der Waals surface area contributed by atoms with Gasteiger partial charge in [-0.2, -0.15) is 0 Å². The molecule has 1 aromatic carbocycles. The Balaban J connectivity index is 0.000000845. The number of anilines is 1. The second kappa shape index (κ2) is 4.07. The van der Waals surface area contributed by atoms with Crippen LogP contribution in [0, 0.1) is 0 Å². The quantitative estimate of drug-likeness (QED) is 0.812. The number of halogens is 2. The van der Waals surface area contributed by atoms with Crippen LogP contribution in [-0.2, 0) is 0 Å². The molecule has 0 aliphatic heterocycles. The lowest BCUT2D eigenvalue weighted by Gasteiger charge is -1.99. The van der Waals surface area contributed by atoms with E-state index >= 15 is 0 Å². The van der Waals surface area contributed by atoms with Gasteiger partial charge in [-0.3, -0.25) is 0 Å². The first kappa shape index (κ1) is 10.5. The molecule has 0 aliphatic carbocycles. The van der Waals surface area contributed by atoms with Gasteiger partial charge in [0.1, 0.15) is 5.82 Å². The average Bonchev–Trinajstić information content (AvgIpc) is 2.07. The fraction of sp³-hybridized carbons (Fsp3) is 0. The molecule has 4 heteroatoms. The number of hydrogen-bond donors (Lipinski definition) is 1. The zero-order valence-electron chi connectivity index (χ0n) is 6.70. The molecule has 68 valence electrons. The summed E-state index contributed by atoms with van der Waals surface area (Å²) in [6, 6.07) is 9.84. The summed E-state index contributed by atoms with van der Waals surface area (Å²) >= 11 is 3.33. The Labute approximate surface area is 95.1 Å². The van der Waals surface area contributed by atoms with E-state index in [0.717, 1.165) is 15.4 Å². The Kier molecular flexibility index (Phi) is 3.27. The molecule has 2 aromatic rings. The minimum Gasteiger partial charge on any atom is -0.383 e. The summed E-state index contributed by atoms with van der Waals surface area (Å²) in [6.45, 7) is 0.